The summed E-state index contributed by atoms with van der Waals surface area (Å²) in [5.74, 6) is -0.456. The molecule has 0 radical (unpaired) electrons. The van der Waals surface area contributed by atoms with Crippen LogP contribution in [0.3, 0.4) is 0 Å². The number of carboxylic acid groups (broad SMARTS) is 1. The topological polar surface area (TPSA) is 50.2 Å². The maximum absolute atomic E-state index is 11.5. The average Bonchev–Trinajstić information content (AvgIpc) is 3.07. The van der Waals surface area contributed by atoms with E-state index in [1.54, 1.807) is 0 Å². The van der Waals surface area contributed by atoms with Crippen LogP contribution in [0, 0.1) is 5.41 Å². The zero-order chi connectivity index (χ0) is 14.7. The van der Waals surface area contributed by atoms with Gasteiger partial charge in [0.2, 0.25) is 0 Å². The molecule has 1 heterocycles. The number of hydrogen-bond acceptors (Lipinski definition) is 2. The Morgan fingerprint density at radius 2 is 1.95 bits per heavy atom. The highest BCUT2D eigenvalue weighted by molar-refractivity contribution is 5.89. The summed E-state index contributed by atoms with van der Waals surface area (Å²) >= 11 is 0. The monoisotopic (exact) mass is 273 g/mol. The Morgan fingerprint density at radius 1 is 1.30 bits per heavy atom. The summed E-state index contributed by atoms with van der Waals surface area (Å²) in [5, 5.41) is 9.48. The van der Waals surface area contributed by atoms with Gasteiger partial charge in [0.15, 0.2) is 0 Å². The van der Waals surface area contributed by atoms with Crippen LogP contribution >= 0.6 is 0 Å². The van der Waals surface area contributed by atoms with Gasteiger partial charge in [-0.3, -0.25) is 4.98 Å². The SMILES string of the molecule is CC1(C)Cc2nc(C3CC3)c(C(=O)O)cc2C(C)(C)C1. The van der Waals surface area contributed by atoms with E-state index in [0.717, 1.165) is 42.6 Å². The first-order valence-electron chi connectivity index (χ1n) is 7.47. The van der Waals surface area contributed by atoms with Crippen molar-refractivity contribution in [3.8, 4) is 0 Å². The zero-order valence-electron chi connectivity index (χ0n) is 12.8. The maximum Gasteiger partial charge on any atom is 0.337 e. The number of pyridine rings is 1. The van der Waals surface area contributed by atoms with E-state index in [2.05, 4.69) is 27.7 Å². The molecule has 108 valence electrons. The van der Waals surface area contributed by atoms with Crippen LogP contribution in [0.25, 0.3) is 0 Å². The van der Waals surface area contributed by atoms with E-state index in [9.17, 15) is 9.90 Å². The second kappa shape index (κ2) is 4.06. The van der Waals surface area contributed by atoms with E-state index in [4.69, 9.17) is 4.98 Å². The Balaban J connectivity index is 2.18. The van der Waals surface area contributed by atoms with Crippen molar-refractivity contribution in [2.24, 2.45) is 5.41 Å². The van der Waals surface area contributed by atoms with E-state index in [-0.39, 0.29) is 10.8 Å². The van der Waals surface area contributed by atoms with Crippen molar-refractivity contribution in [2.75, 3.05) is 0 Å². The Labute approximate surface area is 120 Å². The van der Waals surface area contributed by atoms with Crippen molar-refractivity contribution in [3.05, 3.63) is 28.6 Å². The lowest BCUT2D eigenvalue weighted by Crippen LogP contribution is -2.36. The molecular formula is C17H23NO2. The molecule has 20 heavy (non-hydrogen) atoms. The van der Waals surface area contributed by atoms with Gasteiger partial charge < -0.3 is 5.11 Å². The van der Waals surface area contributed by atoms with Crippen molar-refractivity contribution < 1.29 is 9.90 Å². The summed E-state index contributed by atoms with van der Waals surface area (Å²) in [6.07, 6.45) is 4.18. The number of hydrogen-bond donors (Lipinski definition) is 1. The molecule has 0 bridgehead atoms. The van der Waals surface area contributed by atoms with Crippen LogP contribution in [0.1, 0.15) is 80.2 Å². The van der Waals surface area contributed by atoms with Gasteiger partial charge in [-0.15, -0.1) is 0 Å². The number of fused-ring (bicyclic) bond motifs is 1. The van der Waals surface area contributed by atoms with E-state index < -0.39 is 5.97 Å². The Hall–Kier alpha value is -1.38. The quantitative estimate of drug-likeness (QED) is 0.888. The van der Waals surface area contributed by atoms with Gasteiger partial charge in [0.25, 0.3) is 0 Å². The van der Waals surface area contributed by atoms with Crippen molar-refractivity contribution in [2.45, 2.75) is 64.7 Å². The molecule has 3 rings (SSSR count). The summed E-state index contributed by atoms with van der Waals surface area (Å²) in [5.41, 5.74) is 3.74. The van der Waals surface area contributed by atoms with E-state index in [1.807, 2.05) is 6.07 Å². The molecule has 0 amide bonds. The summed E-state index contributed by atoms with van der Waals surface area (Å²) in [6, 6.07) is 1.91. The third kappa shape index (κ3) is 2.23. The molecule has 0 unspecified atom stereocenters. The predicted octanol–water partition coefficient (Wildman–Crippen LogP) is 3.91. The van der Waals surface area contributed by atoms with Crippen LogP contribution in [-0.2, 0) is 11.8 Å². The molecular weight excluding hydrogens is 250 g/mol. The van der Waals surface area contributed by atoms with Crippen molar-refractivity contribution in [3.63, 3.8) is 0 Å². The standard InChI is InChI=1S/C17H23NO2/c1-16(2)8-13-12(17(3,4)9-16)7-11(15(19)20)14(18-13)10-5-6-10/h7,10H,5-6,8-9H2,1-4H3,(H,19,20). The minimum atomic E-state index is -0.831. The van der Waals surface area contributed by atoms with Crippen LogP contribution in [0.5, 0.6) is 0 Å². The summed E-state index contributed by atoms with van der Waals surface area (Å²) in [7, 11) is 0. The predicted molar refractivity (Wildman–Crippen MR) is 78.3 cm³/mol. The van der Waals surface area contributed by atoms with Crippen LogP contribution in [0.15, 0.2) is 6.07 Å². The molecule has 0 spiro atoms. The minimum Gasteiger partial charge on any atom is -0.478 e. The third-order valence-corrected chi connectivity index (χ3v) is 4.62. The van der Waals surface area contributed by atoms with Crippen LogP contribution in [-0.4, -0.2) is 16.1 Å². The summed E-state index contributed by atoms with van der Waals surface area (Å²) < 4.78 is 0. The fraction of sp³-hybridized carbons (Fsp3) is 0.647. The average molecular weight is 273 g/mol. The lowest BCUT2D eigenvalue weighted by Gasteiger charge is -2.42. The lowest BCUT2D eigenvalue weighted by molar-refractivity contribution is 0.0694. The van der Waals surface area contributed by atoms with Crippen molar-refractivity contribution in [1.82, 2.24) is 4.98 Å². The molecule has 3 nitrogen and oxygen atoms in total. The third-order valence-electron chi connectivity index (χ3n) is 4.62. The molecule has 0 atom stereocenters. The van der Waals surface area contributed by atoms with Gasteiger partial charge in [-0.25, -0.2) is 4.79 Å². The van der Waals surface area contributed by atoms with Gasteiger partial charge in [0.05, 0.1) is 11.3 Å². The highest BCUT2D eigenvalue weighted by Gasteiger charge is 2.40. The molecule has 1 aromatic heterocycles. The Morgan fingerprint density at radius 3 is 2.50 bits per heavy atom. The Kier molecular flexibility index (Phi) is 2.76. The van der Waals surface area contributed by atoms with Gasteiger partial charge in [-0.1, -0.05) is 27.7 Å². The first kappa shape index (κ1) is 13.6. The molecule has 1 aromatic rings. The highest BCUT2D eigenvalue weighted by Crippen LogP contribution is 2.47. The van der Waals surface area contributed by atoms with Crippen LogP contribution < -0.4 is 0 Å². The molecule has 2 aliphatic rings. The van der Waals surface area contributed by atoms with Gasteiger partial charge in [0.1, 0.15) is 0 Å². The fourth-order valence-electron chi connectivity index (χ4n) is 3.93. The second-order valence-corrected chi connectivity index (χ2v) is 7.90. The summed E-state index contributed by atoms with van der Waals surface area (Å²) in [6.45, 7) is 8.97. The van der Waals surface area contributed by atoms with Crippen molar-refractivity contribution in [1.29, 1.82) is 0 Å². The number of rotatable bonds is 2. The molecule has 0 saturated heterocycles. The molecule has 1 saturated carbocycles. The molecule has 0 aliphatic heterocycles. The van der Waals surface area contributed by atoms with Gasteiger partial charge in [-0.2, -0.15) is 0 Å². The molecule has 1 fully saturated rings. The van der Waals surface area contributed by atoms with E-state index in [1.165, 1.54) is 0 Å². The smallest absolute Gasteiger partial charge is 0.337 e. The van der Waals surface area contributed by atoms with E-state index in [0.29, 0.717) is 11.5 Å². The minimum absolute atomic E-state index is 0.00361. The van der Waals surface area contributed by atoms with Crippen LogP contribution in [0.2, 0.25) is 0 Å². The van der Waals surface area contributed by atoms with Gasteiger partial charge in [-0.05, 0) is 48.1 Å². The maximum atomic E-state index is 11.5. The van der Waals surface area contributed by atoms with E-state index >= 15 is 0 Å². The highest BCUT2D eigenvalue weighted by atomic mass is 16.4. The largest absolute Gasteiger partial charge is 0.478 e. The normalized spacial score (nSPS) is 23.2. The van der Waals surface area contributed by atoms with Gasteiger partial charge >= 0.3 is 5.97 Å². The fourth-order valence-corrected chi connectivity index (χ4v) is 3.93. The molecule has 2 aliphatic carbocycles. The molecule has 1 N–H and O–H groups in total. The van der Waals surface area contributed by atoms with Crippen molar-refractivity contribution >= 4 is 5.97 Å². The lowest BCUT2D eigenvalue weighted by atomic mass is 9.63. The number of nitrogens with zero attached hydrogens (tertiary/aromatic N) is 1. The van der Waals surface area contributed by atoms with Crippen LogP contribution in [0.4, 0.5) is 0 Å². The molecule has 0 aromatic carbocycles. The number of carboxylic acids is 1. The second-order valence-electron chi connectivity index (χ2n) is 7.90. The summed E-state index contributed by atoms with van der Waals surface area (Å²) in [4.78, 5) is 16.3. The zero-order valence-corrected chi connectivity index (χ0v) is 12.8. The Bertz CT molecular complexity index is 583. The molecule has 3 heteroatoms. The van der Waals surface area contributed by atoms with Gasteiger partial charge in [0, 0.05) is 11.6 Å². The first-order chi connectivity index (χ1) is 9.20. The number of aromatic nitrogens is 1. The first-order valence-corrected chi connectivity index (χ1v) is 7.47. The number of carbonyl (C=O) groups is 1. The number of aromatic carboxylic acids is 1.